The van der Waals surface area contributed by atoms with Crippen LogP contribution in [0.5, 0.6) is 0 Å². The van der Waals surface area contributed by atoms with Gasteiger partial charge < -0.3 is 5.73 Å². The number of sulfone groups is 1. The molecule has 98 valence electrons. The zero-order valence-corrected chi connectivity index (χ0v) is 11.5. The molecule has 0 aromatic rings. The van der Waals surface area contributed by atoms with Crippen LogP contribution in [0.2, 0.25) is 0 Å². The molecule has 1 atom stereocenters. The van der Waals surface area contributed by atoms with Crippen LogP contribution < -0.4 is 5.73 Å². The fourth-order valence-corrected chi connectivity index (χ4v) is 2.97. The van der Waals surface area contributed by atoms with Gasteiger partial charge in [-0.05, 0) is 18.3 Å². The Bertz CT molecular complexity index is 308. The lowest BCUT2D eigenvalue weighted by molar-refractivity contribution is 0.0349. The van der Waals surface area contributed by atoms with E-state index in [1.54, 1.807) is 27.7 Å². The molecule has 0 radical (unpaired) electrons. The van der Waals surface area contributed by atoms with Crippen molar-refractivity contribution in [3.05, 3.63) is 0 Å². The number of halogens is 1. The summed E-state index contributed by atoms with van der Waals surface area (Å²) in [6.45, 7) is 6.88. The van der Waals surface area contributed by atoms with Crippen LogP contribution in [-0.4, -0.2) is 32.1 Å². The third-order valence-electron chi connectivity index (χ3n) is 2.99. The van der Waals surface area contributed by atoms with Crippen molar-refractivity contribution < 1.29 is 12.8 Å². The minimum absolute atomic E-state index is 0.0185. The van der Waals surface area contributed by atoms with Crippen molar-refractivity contribution in [2.24, 2.45) is 11.1 Å². The summed E-state index contributed by atoms with van der Waals surface area (Å²) in [5, 5.41) is 0. The van der Waals surface area contributed by atoms with Gasteiger partial charge in [0, 0.05) is 12.3 Å². The maximum absolute atomic E-state index is 14.4. The predicted molar refractivity (Wildman–Crippen MR) is 65.9 cm³/mol. The smallest absolute Gasteiger partial charge is 0.150 e. The standard InChI is InChI=1S/C11H24FNO2S/c1-5-7-16(14,15)8-6-11(12,9-13)10(2,3)4/h5-9,13H2,1-4H3. The highest BCUT2D eigenvalue weighted by Gasteiger charge is 2.41. The lowest BCUT2D eigenvalue weighted by atomic mass is 9.76. The molecule has 16 heavy (non-hydrogen) atoms. The van der Waals surface area contributed by atoms with E-state index in [9.17, 15) is 12.8 Å². The van der Waals surface area contributed by atoms with Crippen molar-refractivity contribution in [1.29, 1.82) is 0 Å². The van der Waals surface area contributed by atoms with Crippen LogP contribution in [-0.2, 0) is 9.84 Å². The molecule has 3 nitrogen and oxygen atoms in total. The summed E-state index contributed by atoms with van der Waals surface area (Å²) in [5.41, 5.74) is 3.17. The minimum Gasteiger partial charge on any atom is -0.328 e. The maximum Gasteiger partial charge on any atom is 0.150 e. The molecule has 0 aromatic carbocycles. The molecular formula is C11H24FNO2S. The number of hydrogen-bond acceptors (Lipinski definition) is 3. The summed E-state index contributed by atoms with van der Waals surface area (Å²) in [4.78, 5) is 0. The van der Waals surface area contributed by atoms with Gasteiger partial charge in [0.1, 0.15) is 15.5 Å². The van der Waals surface area contributed by atoms with Gasteiger partial charge in [-0.1, -0.05) is 27.7 Å². The zero-order valence-electron chi connectivity index (χ0n) is 10.7. The van der Waals surface area contributed by atoms with Gasteiger partial charge in [0.2, 0.25) is 0 Å². The van der Waals surface area contributed by atoms with E-state index in [-0.39, 0.29) is 24.5 Å². The molecule has 0 aliphatic rings. The number of nitrogens with two attached hydrogens (primary N) is 1. The van der Waals surface area contributed by atoms with Crippen molar-refractivity contribution in [2.45, 2.75) is 46.2 Å². The summed E-state index contributed by atoms with van der Waals surface area (Å²) < 4.78 is 37.4. The molecule has 0 fully saturated rings. The van der Waals surface area contributed by atoms with E-state index in [2.05, 4.69) is 0 Å². The SMILES string of the molecule is CCCS(=O)(=O)CCC(F)(CN)C(C)(C)C. The first-order valence-corrected chi connectivity index (χ1v) is 7.49. The Morgan fingerprint density at radius 3 is 2.00 bits per heavy atom. The van der Waals surface area contributed by atoms with E-state index in [1.165, 1.54) is 0 Å². The first-order chi connectivity index (χ1) is 7.08. The second-order valence-electron chi connectivity index (χ2n) is 5.32. The lowest BCUT2D eigenvalue weighted by Gasteiger charge is -2.36. The van der Waals surface area contributed by atoms with Crippen LogP contribution in [0.4, 0.5) is 4.39 Å². The minimum atomic E-state index is -3.13. The summed E-state index contributed by atoms with van der Waals surface area (Å²) in [7, 11) is -3.13. The lowest BCUT2D eigenvalue weighted by Crippen LogP contribution is -2.46. The molecule has 5 heteroatoms. The summed E-state index contributed by atoms with van der Waals surface area (Å²) in [6, 6.07) is 0. The second-order valence-corrected chi connectivity index (χ2v) is 7.62. The number of alkyl halides is 1. The highest BCUT2D eigenvalue weighted by atomic mass is 32.2. The van der Waals surface area contributed by atoms with E-state index in [4.69, 9.17) is 5.73 Å². The molecule has 0 saturated carbocycles. The van der Waals surface area contributed by atoms with Crippen molar-refractivity contribution in [3.63, 3.8) is 0 Å². The van der Waals surface area contributed by atoms with Crippen molar-refractivity contribution in [3.8, 4) is 0 Å². The second kappa shape index (κ2) is 5.45. The largest absolute Gasteiger partial charge is 0.328 e. The van der Waals surface area contributed by atoms with Gasteiger partial charge >= 0.3 is 0 Å². The molecule has 0 aliphatic heterocycles. The Balaban J connectivity index is 4.60. The van der Waals surface area contributed by atoms with E-state index < -0.39 is 20.9 Å². The third-order valence-corrected chi connectivity index (χ3v) is 4.85. The van der Waals surface area contributed by atoms with E-state index in [0.29, 0.717) is 6.42 Å². The molecule has 0 rings (SSSR count). The Hall–Kier alpha value is -0.160. The normalized spacial score (nSPS) is 17.1. The van der Waals surface area contributed by atoms with Crippen LogP contribution in [0.25, 0.3) is 0 Å². The molecule has 1 unspecified atom stereocenters. The van der Waals surface area contributed by atoms with Crippen molar-refractivity contribution in [1.82, 2.24) is 0 Å². The highest BCUT2D eigenvalue weighted by molar-refractivity contribution is 7.91. The Kier molecular flexibility index (Phi) is 5.39. The first kappa shape index (κ1) is 15.8. The van der Waals surface area contributed by atoms with E-state index >= 15 is 0 Å². The average molecular weight is 253 g/mol. The number of hydrogen-bond donors (Lipinski definition) is 1. The van der Waals surface area contributed by atoms with E-state index in [1.807, 2.05) is 0 Å². The Morgan fingerprint density at radius 2 is 1.69 bits per heavy atom. The number of rotatable bonds is 6. The Labute approximate surface area is 98.5 Å². The van der Waals surface area contributed by atoms with Gasteiger partial charge in [0.15, 0.2) is 0 Å². The van der Waals surface area contributed by atoms with Crippen LogP contribution >= 0.6 is 0 Å². The van der Waals surface area contributed by atoms with E-state index in [0.717, 1.165) is 0 Å². The molecule has 0 saturated heterocycles. The van der Waals surface area contributed by atoms with Crippen LogP contribution in [0.15, 0.2) is 0 Å². The van der Waals surface area contributed by atoms with Crippen LogP contribution in [0, 0.1) is 5.41 Å². The zero-order chi connectivity index (χ0) is 13.0. The van der Waals surface area contributed by atoms with Gasteiger partial charge in [0.25, 0.3) is 0 Å². The quantitative estimate of drug-likeness (QED) is 0.786. The first-order valence-electron chi connectivity index (χ1n) is 5.67. The third kappa shape index (κ3) is 4.37. The van der Waals surface area contributed by atoms with Crippen molar-refractivity contribution >= 4 is 9.84 Å². The van der Waals surface area contributed by atoms with Crippen LogP contribution in [0.1, 0.15) is 40.5 Å². The topological polar surface area (TPSA) is 60.2 Å². The van der Waals surface area contributed by atoms with Gasteiger partial charge in [-0.2, -0.15) is 0 Å². The molecule has 0 bridgehead atoms. The average Bonchev–Trinajstić information content (AvgIpc) is 2.12. The van der Waals surface area contributed by atoms with Gasteiger partial charge in [-0.3, -0.25) is 0 Å². The highest BCUT2D eigenvalue weighted by Crippen LogP contribution is 2.36. The molecule has 2 N–H and O–H groups in total. The fraction of sp³-hybridized carbons (Fsp3) is 1.00. The predicted octanol–water partition coefficient (Wildman–Crippen LogP) is 1.91. The summed E-state index contributed by atoms with van der Waals surface area (Å²) in [5.74, 6) is 0.00358. The van der Waals surface area contributed by atoms with Gasteiger partial charge in [0.05, 0.1) is 5.75 Å². The van der Waals surface area contributed by atoms with Gasteiger partial charge in [-0.25, -0.2) is 12.8 Å². The van der Waals surface area contributed by atoms with Gasteiger partial charge in [-0.15, -0.1) is 0 Å². The summed E-state index contributed by atoms with van der Waals surface area (Å²) in [6.07, 6.45) is 0.551. The van der Waals surface area contributed by atoms with Crippen molar-refractivity contribution in [2.75, 3.05) is 18.1 Å². The molecule has 0 aliphatic carbocycles. The van der Waals surface area contributed by atoms with Crippen LogP contribution in [0.3, 0.4) is 0 Å². The summed E-state index contributed by atoms with van der Waals surface area (Å²) >= 11 is 0. The molecule has 0 amide bonds. The maximum atomic E-state index is 14.4. The molecule has 0 heterocycles. The molecular weight excluding hydrogens is 229 g/mol. The monoisotopic (exact) mass is 253 g/mol. The fourth-order valence-electron chi connectivity index (χ4n) is 1.51. The Morgan fingerprint density at radius 1 is 1.19 bits per heavy atom. The molecule has 0 spiro atoms. The molecule has 0 aromatic heterocycles.